The molecule has 1 atom stereocenters. The highest BCUT2D eigenvalue weighted by molar-refractivity contribution is 7.10. The van der Waals surface area contributed by atoms with Gasteiger partial charge in [0.25, 0.3) is 5.91 Å². The van der Waals surface area contributed by atoms with Gasteiger partial charge < -0.3 is 4.90 Å². The molecule has 2 aromatic carbocycles. The van der Waals surface area contributed by atoms with Crippen LogP contribution in [-0.4, -0.2) is 17.4 Å². The number of amides is 1. The Kier molecular flexibility index (Phi) is 3.66. The van der Waals surface area contributed by atoms with Gasteiger partial charge in [0.1, 0.15) is 0 Å². The summed E-state index contributed by atoms with van der Waals surface area (Å²) in [4.78, 5) is 16.6. The average molecular weight is 321 g/mol. The third kappa shape index (κ3) is 2.45. The molecule has 0 fully saturated rings. The van der Waals surface area contributed by atoms with Crippen LogP contribution in [0.1, 0.15) is 40.2 Å². The Balaban J connectivity index is 1.70. The van der Waals surface area contributed by atoms with Crippen LogP contribution in [0.4, 0.5) is 0 Å². The molecule has 1 amide bonds. The van der Waals surface area contributed by atoms with Crippen molar-refractivity contribution in [2.75, 3.05) is 6.54 Å². The van der Waals surface area contributed by atoms with Gasteiger partial charge in [0.15, 0.2) is 0 Å². The molecule has 116 valence electrons. The molecule has 0 saturated carbocycles. The van der Waals surface area contributed by atoms with Crippen molar-refractivity contribution in [3.05, 3.63) is 69.9 Å². The fraction of sp³-hybridized carbons (Fsp3) is 0.250. The molecule has 3 heteroatoms. The maximum absolute atomic E-state index is 13.1. The minimum Gasteiger partial charge on any atom is -0.331 e. The zero-order valence-electron chi connectivity index (χ0n) is 13.2. The summed E-state index contributed by atoms with van der Waals surface area (Å²) in [5.41, 5.74) is 2.14. The number of thiophene rings is 1. The second-order valence-corrected chi connectivity index (χ2v) is 7.03. The van der Waals surface area contributed by atoms with Gasteiger partial charge in [-0.25, -0.2) is 0 Å². The van der Waals surface area contributed by atoms with Crippen LogP contribution >= 0.6 is 11.3 Å². The first-order chi connectivity index (χ1) is 11.3. The molecule has 0 spiro atoms. The summed E-state index contributed by atoms with van der Waals surface area (Å²) in [5.74, 6) is 0.152. The van der Waals surface area contributed by atoms with E-state index in [0.717, 1.165) is 30.3 Å². The molecule has 3 aromatic rings. The van der Waals surface area contributed by atoms with Gasteiger partial charge in [0.05, 0.1) is 6.04 Å². The summed E-state index contributed by atoms with van der Waals surface area (Å²) in [6.07, 6.45) is 1.94. The van der Waals surface area contributed by atoms with E-state index in [-0.39, 0.29) is 11.9 Å². The van der Waals surface area contributed by atoms with E-state index in [0.29, 0.717) is 0 Å². The molecule has 23 heavy (non-hydrogen) atoms. The molecule has 4 rings (SSSR count). The first-order valence-corrected chi connectivity index (χ1v) is 9.02. The topological polar surface area (TPSA) is 20.3 Å². The molecule has 0 aliphatic carbocycles. The summed E-state index contributed by atoms with van der Waals surface area (Å²) < 4.78 is 0. The molecule has 1 aliphatic rings. The van der Waals surface area contributed by atoms with E-state index in [1.165, 1.54) is 15.8 Å². The molecule has 1 aliphatic heterocycles. The summed E-state index contributed by atoms with van der Waals surface area (Å²) in [6, 6.07) is 16.6. The Labute approximate surface area is 140 Å². The van der Waals surface area contributed by atoms with E-state index in [9.17, 15) is 4.79 Å². The average Bonchev–Trinajstić information content (AvgIpc) is 3.08. The zero-order valence-corrected chi connectivity index (χ0v) is 14.0. The number of carbonyl (C=O) groups excluding carboxylic acids is 1. The number of carbonyl (C=O) groups is 1. The quantitative estimate of drug-likeness (QED) is 0.646. The van der Waals surface area contributed by atoms with E-state index in [4.69, 9.17) is 0 Å². The lowest BCUT2D eigenvalue weighted by Crippen LogP contribution is -2.39. The lowest BCUT2D eigenvalue weighted by molar-refractivity contribution is 0.0657. The first kappa shape index (κ1) is 14.5. The first-order valence-electron chi connectivity index (χ1n) is 8.14. The maximum Gasteiger partial charge on any atom is 0.254 e. The van der Waals surface area contributed by atoms with Gasteiger partial charge in [0, 0.05) is 17.0 Å². The smallest absolute Gasteiger partial charge is 0.254 e. The highest BCUT2D eigenvalue weighted by atomic mass is 32.1. The lowest BCUT2D eigenvalue weighted by atomic mass is 9.96. The minimum atomic E-state index is 0.152. The van der Waals surface area contributed by atoms with Crippen LogP contribution in [0.2, 0.25) is 0 Å². The van der Waals surface area contributed by atoms with E-state index < -0.39 is 0 Å². The van der Waals surface area contributed by atoms with Gasteiger partial charge in [-0.1, -0.05) is 37.3 Å². The molecule has 0 unspecified atom stereocenters. The zero-order chi connectivity index (χ0) is 15.8. The predicted molar refractivity (Wildman–Crippen MR) is 96.0 cm³/mol. The van der Waals surface area contributed by atoms with Crippen LogP contribution in [0.3, 0.4) is 0 Å². The Morgan fingerprint density at radius 1 is 1.17 bits per heavy atom. The van der Waals surface area contributed by atoms with Gasteiger partial charge in [0.2, 0.25) is 0 Å². The molecule has 2 nitrogen and oxygen atoms in total. The maximum atomic E-state index is 13.1. The van der Waals surface area contributed by atoms with Crippen molar-refractivity contribution in [1.29, 1.82) is 0 Å². The number of rotatable bonds is 2. The van der Waals surface area contributed by atoms with Crippen molar-refractivity contribution in [3.63, 3.8) is 0 Å². The molecular formula is C20H19NOS. The number of benzene rings is 2. The number of hydrogen-bond acceptors (Lipinski definition) is 2. The van der Waals surface area contributed by atoms with Crippen molar-refractivity contribution in [1.82, 2.24) is 4.90 Å². The van der Waals surface area contributed by atoms with Crippen molar-refractivity contribution < 1.29 is 4.79 Å². The van der Waals surface area contributed by atoms with E-state index in [1.807, 2.05) is 41.7 Å². The number of fused-ring (bicyclic) bond motifs is 2. The summed E-state index contributed by atoms with van der Waals surface area (Å²) in [7, 11) is 0. The molecule has 0 radical (unpaired) electrons. The van der Waals surface area contributed by atoms with Crippen LogP contribution < -0.4 is 0 Å². The van der Waals surface area contributed by atoms with Gasteiger partial charge in [-0.2, -0.15) is 0 Å². The Morgan fingerprint density at radius 2 is 2.00 bits per heavy atom. The van der Waals surface area contributed by atoms with E-state index >= 15 is 0 Å². The largest absolute Gasteiger partial charge is 0.331 e. The van der Waals surface area contributed by atoms with Crippen molar-refractivity contribution >= 4 is 28.0 Å². The normalized spacial score (nSPS) is 17.3. The van der Waals surface area contributed by atoms with E-state index in [2.05, 4.69) is 35.4 Å². The molecule has 1 aromatic heterocycles. The van der Waals surface area contributed by atoms with Crippen LogP contribution in [0.25, 0.3) is 10.8 Å². The van der Waals surface area contributed by atoms with Gasteiger partial charge in [-0.15, -0.1) is 11.3 Å². The fourth-order valence-corrected chi connectivity index (χ4v) is 4.50. The van der Waals surface area contributed by atoms with E-state index in [1.54, 1.807) is 0 Å². The fourth-order valence-electron chi connectivity index (χ4n) is 3.57. The summed E-state index contributed by atoms with van der Waals surface area (Å²) in [5, 5.41) is 4.45. The highest BCUT2D eigenvalue weighted by Crippen LogP contribution is 2.36. The molecule has 0 bridgehead atoms. The SMILES string of the molecule is CC[C@@H]1c2ccsc2CCN1C(=O)c1ccc2ccccc2c1. The van der Waals surface area contributed by atoms with Crippen molar-refractivity contribution in [2.45, 2.75) is 25.8 Å². The third-order valence-corrected chi connectivity index (χ3v) is 5.74. The molecule has 0 N–H and O–H groups in total. The Bertz CT molecular complexity index is 867. The Hall–Kier alpha value is -2.13. The number of hydrogen-bond donors (Lipinski definition) is 0. The van der Waals surface area contributed by atoms with Crippen LogP contribution in [0.5, 0.6) is 0 Å². The molecule has 0 saturated heterocycles. The molecular weight excluding hydrogens is 302 g/mol. The van der Waals surface area contributed by atoms with Crippen LogP contribution in [-0.2, 0) is 6.42 Å². The van der Waals surface area contributed by atoms with Crippen molar-refractivity contribution in [2.24, 2.45) is 0 Å². The summed E-state index contributed by atoms with van der Waals surface area (Å²) in [6.45, 7) is 2.98. The van der Waals surface area contributed by atoms with Gasteiger partial charge >= 0.3 is 0 Å². The third-order valence-electron chi connectivity index (χ3n) is 4.74. The Morgan fingerprint density at radius 3 is 2.83 bits per heavy atom. The van der Waals surface area contributed by atoms with Crippen LogP contribution in [0.15, 0.2) is 53.9 Å². The lowest BCUT2D eigenvalue weighted by Gasteiger charge is -2.35. The second-order valence-electron chi connectivity index (χ2n) is 6.03. The minimum absolute atomic E-state index is 0.152. The second kappa shape index (κ2) is 5.82. The standard InChI is InChI=1S/C20H19NOS/c1-2-18-17-10-12-23-19(17)9-11-21(18)20(22)16-8-7-14-5-3-4-6-15(14)13-16/h3-8,10,12-13,18H,2,9,11H2,1H3/t18-/m1/s1. The summed E-state index contributed by atoms with van der Waals surface area (Å²) >= 11 is 1.82. The number of nitrogens with zero attached hydrogens (tertiary/aromatic N) is 1. The molecule has 2 heterocycles. The predicted octanol–water partition coefficient (Wildman–Crippen LogP) is 5.05. The monoisotopic (exact) mass is 321 g/mol. The van der Waals surface area contributed by atoms with Gasteiger partial charge in [-0.05, 0) is 52.8 Å². The van der Waals surface area contributed by atoms with Gasteiger partial charge in [-0.3, -0.25) is 4.79 Å². The van der Waals surface area contributed by atoms with Crippen LogP contribution in [0, 0.1) is 0 Å². The van der Waals surface area contributed by atoms with Crippen molar-refractivity contribution in [3.8, 4) is 0 Å². The highest BCUT2D eigenvalue weighted by Gasteiger charge is 2.30.